The number of amides is 1. The van der Waals surface area contributed by atoms with Crippen molar-refractivity contribution in [2.45, 2.75) is 25.4 Å². The monoisotopic (exact) mass is 387 g/mol. The van der Waals surface area contributed by atoms with Gasteiger partial charge in [-0.1, -0.05) is 48.5 Å². The van der Waals surface area contributed by atoms with Gasteiger partial charge in [0.1, 0.15) is 5.56 Å². The molecule has 1 heterocycles. The summed E-state index contributed by atoms with van der Waals surface area (Å²) >= 11 is 0. The van der Waals surface area contributed by atoms with Crippen LogP contribution in [0.25, 0.3) is 0 Å². The Bertz CT molecular complexity index is 1050. The van der Waals surface area contributed by atoms with Gasteiger partial charge >= 0.3 is 0 Å². The molecule has 0 aromatic heterocycles. The number of nitro benzene ring substituents is 1. The van der Waals surface area contributed by atoms with E-state index in [1.165, 1.54) is 12.1 Å². The van der Waals surface area contributed by atoms with E-state index in [1.54, 1.807) is 17.0 Å². The number of nitrogens with one attached hydrogen (secondary N) is 1. The van der Waals surface area contributed by atoms with E-state index in [1.807, 2.05) is 61.5 Å². The van der Waals surface area contributed by atoms with E-state index < -0.39 is 4.92 Å². The van der Waals surface area contributed by atoms with Gasteiger partial charge in [-0.25, -0.2) is 0 Å². The van der Waals surface area contributed by atoms with Crippen molar-refractivity contribution in [1.82, 2.24) is 0 Å². The molecule has 3 aromatic carbocycles. The van der Waals surface area contributed by atoms with Crippen LogP contribution in [0, 0.1) is 10.1 Å². The minimum absolute atomic E-state index is 0.0402. The molecule has 146 valence electrons. The molecule has 6 nitrogen and oxygen atoms in total. The highest BCUT2D eigenvalue weighted by molar-refractivity contribution is 6.09. The summed E-state index contributed by atoms with van der Waals surface area (Å²) < 4.78 is 0. The Morgan fingerprint density at radius 1 is 1.00 bits per heavy atom. The first-order valence-corrected chi connectivity index (χ1v) is 9.53. The second-order valence-electron chi connectivity index (χ2n) is 7.16. The van der Waals surface area contributed by atoms with Gasteiger partial charge in [0, 0.05) is 23.5 Å². The summed E-state index contributed by atoms with van der Waals surface area (Å²) in [7, 11) is 0. The quantitative estimate of drug-likeness (QED) is 0.494. The summed E-state index contributed by atoms with van der Waals surface area (Å²) in [5.41, 5.74) is 2.72. The standard InChI is InChI=1S/C23H21N3O3/c1-16-15-20(24-17-9-3-2-4-10-17)18-11-5-7-13-21(18)25(16)23(27)19-12-6-8-14-22(19)26(28)29/h2-14,16,20,24H,15H2,1H3/t16-,20+/m0/s1. The minimum atomic E-state index is -0.506. The summed E-state index contributed by atoms with van der Waals surface area (Å²) in [4.78, 5) is 26.0. The van der Waals surface area contributed by atoms with Gasteiger partial charge in [-0.05, 0) is 43.2 Å². The van der Waals surface area contributed by atoms with Crippen molar-refractivity contribution in [3.63, 3.8) is 0 Å². The average molecular weight is 387 g/mol. The van der Waals surface area contributed by atoms with E-state index in [9.17, 15) is 14.9 Å². The molecule has 4 rings (SSSR count). The fourth-order valence-corrected chi connectivity index (χ4v) is 3.94. The fourth-order valence-electron chi connectivity index (χ4n) is 3.94. The van der Waals surface area contributed by atoms with Crippen molar-refractivity contribution >= 4 is 23.0 Å². The zero-order valence-electron chi connectivity index (χ0n) is 16.0. The molecule has 29 heavy (non-hydrogen) atoms. The van der Waals surface area contributed by atoms with Gasteiger partial charge < -0.3 is 10.2 Å². The molecule has 2 atom stereocenters. The van der Waals surface area contributed by atoms with Crippen molar-refractivity contribution in [2.75, 3.05) is 10.2 Å². The molecule has 1 aliphatic heterocycles. The van der Waals surface area contributed by atoms with Crippen LogP contribution < -0.4 is 10.2 Å². The number of hydrogen-bond donors (Lipinski definition) is 1. The van der Waals surface area contributed by atoms with E-state index in [0.29, 0.717) is 6.42 Å². The number of nitro groups is 1. The second-order valence-corrected chi connectivity index (χ2v) is 7.16. The largest absolute Gasteiger partial charge is 0.378 e. The molecule has 3 aromatic rings. The molecule has 1 aliphatic rings. The number of rotatable bonds is 4. The summed E-state index contributed by atoms with van der Waals surface area (Å²) in [5, 5.41) is 15.0. The van der Waals surface area contributed by atoms with Crippen LogP contribution >= 0.6 is 0 Å². The van der Waals surface area contributed by atoms with Crippen LogP contribution in [0.1, 0.15) is 35.3 Å². The number of carbonyl (C=O) groups excluding carboxylic acids is 1. The lowest BCUT2D eigenvalue weighted by Gasteiger charge is -2.40. The molecule has 0 fully saturated rings. The Morgan fingerprint density at radius 3 is 2.41 bits per heavy atom. The Labute approximate surface area is 168 Å². The molecule has 0 saturated carbocycles. The van der Waals surface area contributed by atoms with E-state index >= 15 is 0 Å². The van der Waals surface area contributed by atoms with E-state index in [2.05, 4.69) is 5.32 Å². The first kappa shape index (κ1) is 18.7. The van der Waals surface area contributed by atoms with Crippen molar-refractivity contribution in [2.24, 2.45) is 0 Å². The lowest BCUT2D eigenvalue weighted by Crippen LogP contribution is -2.44. The molecule has 0 aliphatic carbocycles. The maximum Gasteiger partial charge on any atom is 0.282 e. The normalized spacial score (nSPS) is 18.0. The zero-order valence-corrected chi connectivity index (χ0v) is 16.0. The van der Waals surface area contributed by atoms with Crippen LogP contribution in [-0.2, 0) is 0 Å². The van der Waals surface area contributed by atoms with Crippen LogP contribution in [0.4, 0.5) is 17.1 Å². The van der Waals surface area contributed by atoms with Gasteiger partial charge in [-0.2, -0.15) is 0 Å². The van der Waals surface area contributed by atoms with Crippen LogP contribution in [-0.4, -0.2) is 16.9 Å². The molecule has 0 radical (unpaired) electrons. The summed E-state index contributed by atoms with van der Waals surface area (Å²) in [5.74, 6) is -0.351. The van der Waals surface area contributed by atoms with Crippen molar-refractivity contribution in [1.29, 1.82) is 0 Å². The van der Waals surface area contributed by atoms with Gasteiger partial charge in [0.25, 0.3) is 11.6 Å². The number of anilines is 2. The number of para-hydroxylation sites is 3. The third kappa shape index (κ3) is 3.57. The van der Waals surface area contributed by atoms with Crippen molar-refractivity contribution in [3.05, 3.63) is 100 Å². The molecule has 0 bridgehead atoms. The SMILES string of the molecule is C[C@H]1C[C@@H](Nc2ccccc2)c2ccccc2N1C(=O)c1ccccc1[N+](=O)[O-]. The first-order valence-electron chi connectivity index (χ1n) is 9.53. The Morgan fingerprint density at radius 2 is 1.66 bits per heavy atom. The van der Waals surface area contributed by atoms with Crippen LogP contribution in [0.2, 0.25) is 0 Å². The number of carbonyl (C=O) groups is 1. The van der Waals surface area contributed by atoms with Crippen LogP contribution in [0.15, 0.2) is 78.9 Å². The predicted molar refractivity (Wildman–Crippen MR) is 113 cm³/mol. The molecule has 6 heteroatoms. The summed E-state index contributed by atoms with van der Waals surface area (Å²) in [6.45, 7) is 1.97. The average Bonchev–Trinajstić information content (AvgIpc) is 2.74. The third-order valence-corrected chi connectivity index (χ3v) is 5.25. The maximum absolute atomic E-state index is 13.4. The Balaban J connectivity index is 1.73. The van der Waals surface area contributed by atoms with Crippen LogP contribution in [0.3, 0.4) is 0 Å². The Kier molecular flexibility index (Phi) is 4.99. The number of nitrogens with zero attached hydrogens (tertiary/aromatic N) is 2. The number of benzene rings is 3. The van der Waals surface area contributed by atoms with Gasteiger partial charge in [-0.15, -0.1) is 0 Å². The molecular formula is C23H21N3O3. The second kappa shape index (κ2) is 7.75. The molecule has 1 amide bonds. The summed E-state index contributed by atoms with van der Waals surface area (Å²) in [6.07, 6.45) is 0.693. The number of fused-ring (bicyclic) bond motifs is 1. The topological polar surface area (TPSA) is 75.5 Å². The van der Waals surface area contributed by atoms with Crippen LogP contribution in [0.5, 0.6) is 0 Å². The fraction of sp³-hybridized carbons (Fsp3) is 0.174. The third-order valence-electron chi connectivity index (χ3n) is 5.25. The molecule has 0 saturated heterocycles. The molecule has 0 unspecified atom stereocenters. The first-order chi connectivity index (χ1) is 14.1. The van der Waals surface area contributed by atoms with Gasteiger partial charge in [0.05, 0.1) is 11.0 Å². The number of hydrogen-bond acceptors (Lipinski definition) is 4. The molecular weight excluding hydrogens is 366 g/mol. The van der Waals surface area contributed by atoms with Gasteiger partial charge in [-0.3, -0.25) is 14.9 Å². The van der Waals surface area contributed by atoms with Gasteiger partial charge in [0.15, 0.2) is 0 Å². The van der Waals surface area contributed by atoms with E-state index in [-0.39, 0.29) is 29.2 Å². The highest BCUT2D eigenvalue weighted by Crippen LogP contribution is 2.40. The lowest BCUT2D eigenvalue weighted by atomic mass is 9.90. The Hall–Kier alpha value is -3.67. The van der Waals surface area contributed by atoms with E-state index in [4.69, 9.17) is 0 Å². The van der Waals surface area contributed by atoms with Crippen molar-refractivity contribution < 1.29 is 9.72 Å². The lowest BCUT2D eigenvalue weighted by molar-refractivity contribution is -0.385. The zero-order chi connectivity index (χ0) is 20.4. The minimum Gasteiger partial charge on any atom is -0.378 e. The van der Waals surface area contributed by atoms with Crippen molar-refractivity contribution in [3.8, 4) is 0 Å². The highest BCUT2D eigenvalue weighted by Gasteiger charge is 2.36. The summed E-state index contributed by atoms with van der Waals surface area (Å²) in [6, 6.07) is 23.7. The predicted octanol–water partition coefficient (Wildman–Crippen LogP) is 5.19. The molecule has 0 spiro atoms. The van der Waals surface area contributed by atoms with E-state index in [0.717, 1.165) is 16.9 Å². The van der Waals surface area contributed by atoms with Gasteiger partial charge in [0.2, 0.25) is 0 Å². The maximum atomic E-state index is 13.4. The highest BCUT2D eigenvalue weighted by atomic mass is 16.6. The molecule has 1 N–H and O–H groups in total. The smallest absolute Gasteiger partial charge is 0.282 e.